The Labute approximate surface area is 173 Å². The molecule has 1 saturated carbocycles. The van der Waals surface area contributed by atoms with Gasteiger partial charge in [0.05, 0.1) is 12.4 Å². The summed E-state index contributed by atoms with van der Waals surface area (Å²) in [5.74, 6) is -0.281. The number of H-pyrrole nitrogens is 1. The maximum Gasteiger partial charge on any atom is 0.437 e. The smallest absolute Gasteiger partial charge is 0.390 e. The second-order valence-corrected chi connectivity index (χ2v) is 7.89. The molecular weight excluding hydrogens is 412 g/mol. The van der Waals surface area contributed by atoms with Crippen molar-refractivity contribution in [3.63, 3.8) is 0 Å². The van der Waals surface area contributed by atoms with Gasteiger partial charge in [-0.15, -0.1) is 5.10 Å². The number of nitrogens with one attached hydrogen (secondary N) is 1. The van der Waals surface area contributed by atoms with Crippen molar-refractivity contribution in [3.05, 3.63) is 78.5 Å². The molecule has 10 nitrogen and oxygen atoms in total. The largest absolute Gasteiger partial charge is 0.437 e. The average Bonchev–Trinajstić information content (AvgIpc) is 3.22. The summed E-state index contributed by atoms with van der Waals surface area (Å²) in [6.07, 6.45) is 2.93. The molecule has 1 N–H and O–H groups in total. The summed E-state index contributed by atoms with van der Waals surface area (Å²) in [6.45, 7) is -0.245. The van der Waals surface area contributed by atoms with Crippen LogP contribution in [0.15, 0.2) is 49.4 Å². The van der Waals surface area contributed by atoms with Gasteiger partial charge in [-0.2, -0.15) is 4.68 Å². The molecule has 3 heterocycles. The Morgan fingerprint density at radius 3 is 2.67 bits per heavy atom. The lowest BCUT2D eigenvalue weighted by atomic mass is 9.76. The van der Waals surface area contributed by atoms with Crippen LogP contribution in [0.2, 0.25) is 5.02 Å². The molecule has 1 fully saturated rings. The van der Waals surface area contributed by atoms with Gasteiger partial charge in [-0.05, 0) is 36.5 Å². The van der Waals surface area contributed by atoms with Crippen molar-refractivity contribution in [1.29, 1.82) is 0 Å². The number of nitrogens with zero attached hydrogens (tertiary/aromatic N) is 5. The number of rotatable bonds is 4. The van der Waals surface area contributed by atoms with Crippen LogP contribution in [0.4, 0.5) is 0 Å². The van der Waals surface area contributed by atoms with Crippen LogP contribution in [0, 0.1) is 0 Å². The highest BCUT2D eigenvalue weighted by Gasteiger charge is 2.34. The molecule has 5 rings (SSSR count). The number of aromatic nitrogens is 6. The van der Waals surface area contributed by atoms with Gasteiger partial charge in [0, 0.05) is 12.1 Å². The molecule has 0 unspecified atom stereocenters. The molecule has 1 aliphatic rings. The number of halogens is 1. The van der Waals surface area contributed by atoms with Crippen LogP contribution in [-0.2, 0) is 13.6 Å². The van der Waals surface area contributed by atoms with Crippen molar-refractivity contribution in [1.82, 2.24) is 28.9 Å². The van der Waals surface area contributed by atoms with E-state index in [1.807, 2.05) is 24.3 Å². The van der Waals surface area contributed by atoms with Crippen molar-refractivity contribution >= 4 is 22.8 Å². The van der Waals surface area contributed by atoms with Crippen LogP contribution < -0.4 is 17.0 Å². The van der Waals surface area contributed by atoms with E-state index in [4.69, 9.17) is 16.0 Å². The highest BCUT2D eigenvalue weighted by atomic mass is 35.5. The van der Waals surface area contributed by atoms with E-state index in [9.17, 15) is 14.4 Å². The van der Waals surface area contributed by atoms with E-state index < -0.39 is 17.0 Å². The van der Waals surface area contributed by atoms with Crippen molar-refractivity contribution in [2.45, 2.75) is 31.3 Å². The summed E-state index contributed by atoms with van der Waals surface area (Å²) in [5, 5.41) is 4.91. The number of hydrogen-bond acceptors (Lipinski definition) is 6. The van der Waals surface area contributed by atoms with Crippen molar-refractivity contribution in [3.8, 4) is 0 Å². The fourth-order valence-electron chi connectivity index (χ4n) is 3.86. The van der Waals surface area contributed by atoms with Gasteiger partial charge in [0.1, 0.15) is 6.54 Å². The average molecular weight is 429 g/mol. The summed E-state index contributed by atoms with van der Waals surface area (Å²) in [6, 6.07) is 7.56. The van der Waals surface area contributed by atoms with E-state index in [0.717, 1.165) is 23.0 Å². The quantitative estimate of drug-likeness (QED) is 0.524. The number of fused-ring (bicyclic) bond motifs is 1. The molecule has 0 aliphatic heterocycles. The molecule has 11 heteroatoms. The monoisotopic (exact) mass is 428 g/mol. The molecule has 0 bridgehead atoms. The number of benzene rings is 1. The molecule has 0 amide bonds. The zero-order valence-electron chi connectivity index (χ0n) is 15.9. The molecule has 3 aromatic heterocycles. The fraction of sp³-hybridized carbons (Fsp3) is 0.316. The third kappa shape index (κ3) is 3.00. The van der Waals surface area contributed by atoms with Crippen LogP contribution >= 0.6 is 11.6 Å². The van der Waals surface area contributed by atoms with Crippen LogP contribution in [-0.4, -0.2) is 28.9 Å². The third-order valence-corrected chi connectivity index (χ3v) is 5.81. The minimum atomic E-state index is -0.644. The van der Waals surface area contributed by atoms with Crippen LogP contribution in [0.1, 0.15) is 36.3 Å². The van der Waals surface area contributed by atoms with Crippen LogP contribution in [0.3, 0.4) is 0 Å². The predicted molar refractivity (Wildman–Crippen MR) is 108 cm³/mol. The summed E-state index contributed by atoms with van der Waals surface area (Å²) in [5.41, 5.74) is 0.446. The SMILES string of the molecule is Cn1cnc2[nH]c(=O)n(Cc3nn(C4CC(c5ccc(Cl)cc5)C4)c(=O)o3)c(=O)c21. The van der Waals surface area contributed by atoms with Crippen molar-refractivity contribution < 1.29 is 4.42 Å². The highest BCUT2D eigenvalue weighted by molar-refractivity contribution is 6.30. The van der Waals surface area contributed by atoms with E-state index in [0.29, 0.717) is 10.9 Å². The van der Waals surface area contributed by atoms with E-state index in [1.54, 1.807) is 7.05 Å². The van der Waals surface area contributed by atoms with Crippen LogP contribution in [0.25, 0.3) is 11.2 Å². The second kappa shape index (κ2) is 6.84. The Hall–Kier alpha value is -3.40. The molecule has 1 aliphatic carbocycles. The number of hydrogen-bond donors (Lipinski definition) is 1. The summed E-state index contributed by atoms with van der Waals surface area (Å²) >= 11 is 5.93. The zero-order valence-corrected chi connectivity index (χ0v) is 16.7. The minimum absolute atomic E-state index is 0.00376. The third-order valence-electron chi connectivity index (χ3n) is 5.56. The highest BCUT2D eigenvalue weighted by Crippen LogP contribution is 2.43. The first-order valence-electron chi connectivity index (χ1n) is 9.39. The standard InChI is InChI=1S/C19H17ClN6O4/c1-24-9-21-16-15(24)17(27)25(18(28)22-16)8-14-23-26(19(29)30-14)13-6-11(7-13)10-2-4-12(20)5-3-10/h2-5,9,11,13H,6-8H2,1H3,(H,22,28). The molecular formula is C19H17ClN6O4. The normalized spacial score (nSPS) is 18.6. The summed E-state index contributed by atoms with van der Waals surface area (Å²) in [7, 11) is 1.65. The Kier molecular flexibility index (Phi) is 4.24. The van der Waals surface area contributed by atoms with Gasteiger partial charge in [0.2, 0.25) is 5.89 Å². The maximum atomic E-state index is 12.7. The lowest BCUT2D eigenvalue weighted by Crippen LogP contribution is -2.36. The predicted octanol–water partition coefficient (Wildman–Crippen LogP) is 1.39. The lowest BCUT2D eigenvalue weighted by molar-refractivity contribution is 0.233. The Balaban J connectivity index is 1.38. The molecule has 0 atom stereocenters. The zero-order chi connectivity index (χ0) is 21.0. The first-order chi connectivity index (χ1) is 14.4. The van der Waals surface area contributed by atoms with E-state index in [2.05, 4.69) is 15.1 Å². The first-order valence-corrected chi connectivity index (χ1v) is 9.76. The molecule has 154 valence electrons. The number of aromatic amines is 1. The number of aryl methyl sites for hydroxylation is 1. The topological polar surface area (TPSA) is 121 Å². The van der Waals surface area contributed by atoms with Crippen molar-refractivity contribution in [2.24, 2.45) is 7.05 Å². The molecule has 0 saturated heterocycles. The van der Waals surface area contributed by atoms with E-state index >= 15 is 0 Å². The van der Waals surface area contributed by atoms with Crippen molar-refractivity contribution in [2.75, 3.05) is 0 Å². The Morgan fingerprint density at radius 2 is 1.93 bits per heavy atom. The van der Waals surface area contributed by atoms with Gasteiger partial charge in [0.25, 0.3) is 5.56 Å². The first kappa shape index (κ1) is 18.6. The van der Waals surface area contributed by atoms with Gasteiger partial charge in [-0.3, -0.25) is 9.78 Å². The Morgan fingerprint density at radius 1 is 1.20 bits per heavy atom. The van der Waals surface area contributed by atoms with E-state index in [1.165, 1.54) is 15.6 Å². The number of imidazole rings is 1. The Bertz CT molecular complexity index is 1420. The van der Waals surface area contributed by atoms with E-state index in [-0.39, 0.29) is 29.6 Å². The lowest BCUT2D eigenvalue weighted by Gasteiger charge is -2.34. The van der Waals surface area contributed by atoms with Gasteiger partial charge in [-0.25, -0.2) is 19.1 Å². The molecule has 30 heavy (non-hydrogen) atoms. The fourth-order valence-corrected chi connectivity index (χ4v) is 3.99. The second-order valence-electron chi connectivity index (χ2n) is 7.45. The van der Waals surface area contributed by atoms with Gasteiger partial charge in [-0.1, -0.05) is 23.7 Å². The van der Waals surface area contributed by atoms with Gasteiger partial charge < -0.3 is 8.98 Å². The summed E-state index contributed by atoms with van der Waals surface area (Å²) in [4.78, 5) is 43.8. The molecule has 1 aromatic carbocycles. The maximum absolute atomic E-state index is 12.7. The van der Waals surface area contributed by atoms with Gasteiger partial charge in [0.15, 0.2) is 11.2 Å². The molecule has 0 radical (unpaired) electrons. The van der Waals surface area contributed by atoms with Crippen LogP contribution in [0.5, 0.6) is 0 Å². The minimum Gasteiger partial charge on any atom is -0.390 e. The van der Waals surface area contributed by atoms with Gasteiger partial charge >= 0.3 is 11.4 Å². The summed E-state index contributed by atoms with van der Waals surface area (Å²) < 4.78 is 8.96. The molecule has 4 aromatic rings. The molecule has 0 spiro atoms.